The highest BCUT2D eigenvalue weighted by molar-refractivity contribution is 7.86. The summed E-state index contributed by atoms with van der Waals surface area (Å²) in [6.45, 7) is 9.48. The Balaban J connectivity index is 1.83. The number of aliphatic imine (C=N–C) groups is 1. The van der Waals surface area contributed by atoms with Crippen LogP contribution in [-0.4, -0.2) is 52.0 Å². The molecular formula is C15H29N3O2S. The Hall–Kier alpha value is -0.620. The Kier molecular flexibility index (Phi) is 5.66. The van der Waals surface area contributed by atoms with E-state index >= 15 is 0 Å². The monoisotopic (exact) mass is 315 g/mol. The zero-order chi connectivity index (χ0) is 15.5. The lowest BCUT2D eigenvalue weighted by molar-refractivity contribution is 0.0992. The van der Waals surface area contributed by atoms with Gasteiger partial charge < -0.3 is 15.4 Å². The average molecular weight is 315 g/mol. The van der Waals surface area contributed by atoms with Gasteiger partial charge in [0.1, 0.15) is 0 Å². The average Bonchev–Trinajstić information content (AvgIpc) is 2.99. The molecule has 6 heteroatoms. The quantitative estimate of drug-likeness (QED) is 0.595. The summed E-state index contributed by atoms with van der Waals surface area (Å²) in [5, 5.41) is 6.74. The first-order valence-electron chi connectivity index (χ1n) is 7.99. The first kappa shape index (κ1) is 16.7. The smallest absolute Gasteiger partial charge is 0.191 e. The van der Waals surface area contributed by atoms with Crippen molar-refractivity contribution in [2.24, 2.45) is 4.99 Å². The predicted octanol–water partition coefficient (Wildman–Crippen LogP) is 1.41. The van der Waals surface area contributed by atoms with Gasteiger partial charge >= 0.3 is 0 Å². The fourth-order valence-electron chi connectivity index (χ4n) is 2.83. The molecule has 5 nitrogen and oxygen atoms in total. The first-order chi connectivity index (χ1) is 9.90. The largest absolute Gasteiger partial charge is 0.373 e. The summed E-state index contributed by atoms with van der Waals surface area (Å²) in [5.74, 6) is 1.43. The molecule has 0 aromatic rings. The zero-order valence-electron chi connectivity index (χ0n) is 13.6. The summed E-state index contributed by atoms with van der Waals surface area (Å²) < 4.78 is 17.7. The van der Waals surface area contributed by atoms with Crippen molar-refractivity contribution in [3.8, 4) is 0 Å². The van der Waals surface area contributed by atoms with Crippen molar-refractivity contribution < 1.29 is 8.95 Å². The van der Waals surface area contributed by atoms with Gasteiger partial charge in [0.25, 0.3) is 0 Å². The lowest BCUT2D eigenvalue weighted by Gasteiger charge is -2.23. The molecule has 2 aliphatic rings. The van der Waals surface area contributed by atoms with Crippen molar-refractivity contribution in [1.29, 1.82) is 0 Å². The minimum absolute atomic E-state index is 0.167. The second-order valence-electron chi connectivity index (χ2n) is 6.78. The number of hydrogen-bond donors (Lipinski definition) is 2. The van der Waals surface area contributed by atoms with Gasteiger partial charge in [-0.3, -0.25) is 9.20 Å². The van der Waals surface area contributed by atoms with Gasteiger partial charge in [-0.25, -0.2) is 0 Å². The van der Waals surface area contributed by atoms with E-state index < -0.39 is 10.8 Å². The number of nitrogens with one attached hydrogen (secondary N) is 2. The third kappa shape index (κ3) is 4.68. The van der Waals surface area contributed by atoms with E-state index in [1.807, 2.05) is 20.8 Å². The molecule has 4 unspecified atom stereocenters. The van der Waals surface area contributed by atoms with E-state index in [4.69, 9.17) is 4.74 Å². The molecule has 0 amide bonds. The molecule has 2 bridgehead atoms. The van der Waals surface area contributed by atoms with Crippen LogP contribution in [-0.2, 0) is 15.5 Å². The van der Waals surface area contributed by atoms with Crippen molar-refractivity contribution in [1.82, 2.24) is 10.6 Å². The molecule has 0 radical (unpaired) electrons. The van der Waals surface area contributed by atoms with Crippen LogP contribution >= 0.6 is 0 Å². The van der Waals surface area contributed by atoms with E-state index in [-0.39, 0.29) is 4.75 Å². The van der Waals surface area contributed by atoms with Gasteiger partial charge in [-0.1, -0.05) is 0 Å². The van der Waals surface area contributed by atoms with E-state index in [0.29, 0.717) is 30.5 Å². The molecule has 2 aliphatic heterocycles. The molecule has 0 saturated carbocycles. The van der Waals surface area contributed by atoms with Crippen molar-refractivity contribution in [3.05, 3.63) is 0 Å². The van der Waals surface area contributed by atoms with Gasteiger partial charge in [0.15, 0.2) is 5.96 Å². The fourth-order valence-corrected chi connectivity index (χ4v) is 3.70. The zero-order valence-corrected chi connectivity index (χ0v) is 14.5. The van der Waals surface area contributed by atoms with Crippen LogP contribution in [0, 0.1) is 0 Å². The molecule has 21 heavy (non-hydrogen) atoms. The standard InChI is InChI=1S/C15H29N3O2S/c1-5-16-14(17-8-9-21(19)15(2,3)4)18-12-10-11-6-7-13(12)20-11/h11-13H,5-10H2,1-4H3,(H2,16,17,18). The molecule has 2 heterocycles. The third-order valence-electron chi connectivity index (χ3n) is 4.00. The van der Waals surface area contributed by atoms with E-state index in [1.54, 1.807) is 0 Å². The Morgan fingerprint density at radius 1 is 1.38 bits per heavy atom. The lowest BCUT2D eigenvalue weighted by atomic mass is 9.96. The highest BCUT2D eigenvalue weighted by Gasteiger charge is 2.41. The fraction of sp³-hybridized carbons (Fsp3) is 0.933. The lowest BCUT2D eigenvalue weighted by Crippen LogP contribution is -2.47. The van der Waals surface area contributed by atoms with Gasteiger partial charge in [-0.15, -0.1) is 0 Å². The van der Waals surface area contributed by atoms with Crippen LogP contribution < -0.4 is 10.6 Å². The molecule has 2 fully saturated rings. The van der Waals surface area contributed by atoms with E-state index in [1.165, 1.54) is 6.42 Å². The van der Waals surface area contributed by atoms with E-state index in [0.717, 1.165) is 25.3 Å². The summed E-state index contributed by atoms with van der Waals surface area (Å²) in [4.78, 5) is 4.56. The van der Waals surface area contributed by atoms with E-state index in [9.17, 15) is 4.21 Å². The second-order valence-corrected chi connectivity index (χ2v) is 9.11. The molecule has 2 saturated heterocycles. The molecule has 2 rings (SSSR count). The third-order valence-corrected chi connectivity index (χ3v) is 5.92. The predicted molar refractivity (Wildman–Crippen MR) is 88.2 cm³/mol. The molecule has 2 N–H and O–H groups in total. The van der Waals surface area contributed by atoms with Crippen LogP contribution in [0.4, 0.5) is 0 Å². The van der Waals surface area contributed by atoms with Crippen molar-refractivity contribution in [3.63, 3.8) is 0 Å². The maximum Gasteiger partial charge on any atom is 0.191 e. The van der Waals surface area contributed by atoms with Crippen LogP contribution in [0.3, 0.4) is 0 Å². The maximum atomic E-state index is 12.0. The van der Waals surface area contributed by atoms with Crippen LogP contribution in [0.2, 0.25) is 0 Å². The minimum Gasteiger partial charge on any atom is -0.373 e. The number of rotatable bonds is 5. The molecule has 0 aromatic heterocycles. The number of guanidine groups is 1. The van der Waals surface area contributed by atoms with Crippen LogP contribution in [0.1, 0.15) is 47.0 Å². The van der Waals surface area contributed by atoms with Gasteiger partial charge in [-0.2, -0.15) is 0 Å². The molecule has 0 aliphatic carbocycles. The topological polar surface area (TPSA) is 62.7 Å². The second kappa shape index (κ2) is 7.09. The minimum atomic E-state index is -0.850. The highest BCUT2D eigenvalue weighted by Crippen LogP contribution is 2.34. The molecule has 122 valence electrons. The molecule has 0 spiro atoms. The number of nitrogens with zero attached hydrogens (tertiary/aromatic N) is 1. The van der Waals surface area contributed by atoms with Crippen LogP contribution in [0.5, 0.6) is 0 Å². The molecule has 4 atom stereocenters. The maximum absolute atomic E-state index is 12.0. The summed E-state index contributed by atoms with van der Waals surface area (Å²) in [6, 6.07) is 0.370. The van der Waals surface area contributed by atoms with Crippen molar-refractivity contribution in [2.75, 3.05) is 18.8 Å². The van der Waals surface area contributed by atoms with Gasteiger partial charge in [0.2, 0.25) is 0 Å². The Morgan fingerprint density at radius 3 is 2.67 bits per heavy atom. The van der Waals surface area contributed by atoms with Crippen molar-refractivity contribution >= 4 is 16.8 Å². The molecule has 0 aromatic carbocycles. The normalized spacial score (nSPS) is 30.5. The van der Waals surface area contributed by atoms with E-state index in [2.05, 4.69) is 22.5 Å². The summed E-state index contributed by atoms with van der Waals surface area (Å²) in [7, 11) is -0.850. The Bertz CT molecular complexity index is 406. The Labute approximate surface area is 130 Å². The highest BCUT2D eigenvalue weighted by atomic mass is 32.2. The van der Waals surface area contributed by atoms with Crippen molar-refractivity contribution in [2.45, 2.75) is 70.0 Å². The van der Waals surface area contributed by atoms with Crippen LogP contribution in [0.15, 0.2) is 4.99 Å². The Morgan fingerprint density at radius 2 is 2.14 bits per heavy atom. The first-order valence-corrected chi connectivity index (χ1v) is 9.31. The number of hydrogen-bond acceptors (Lipinski definition) is 3. The number of fused-ring (bicyclic) bond motifs is 2. The SMILES string of the molecule is CCNC(=NCCS(=O)C(C)(C)C)NC1CC2CCC1O2. The van der Waals surface area contributed by atoms with Crippen LogP contribution in [0.25, 0.3) is 0 Å². The van der Waals surface area contributed by atoms with Gasteiger partial charge in [-0.05, 0) is 47.0 Å². The molecular weight excluding hydrogens is 286 g/mol. The summed E-state index contributed by atoms with van der Waals surface area (Å²) in [5.41, 5.74) is 0. The summed E-state index contributed by atoms with van der Waals surface area (Å²) in [6.07, 6.45) is 4.19. The van der Waals surface area contributed by atoms with Gasteiger partial charge in [0, 0.05) is 27.8 Å². The summed E-state index contributed by atoms with van der Waals surface area (Å²) >= 11 is 0. The van der Waals surface area contributed by atoms with Gasteiger partial charge in [0.05, 0.1) is 24.8 Å². The number of ether oxygens (including phenoxy) is 1.